The molecule has 0 amide bonds. The van der Waals surface area contributed by atoms with Crippen molar-refractivity contribution in [1.29, 1.82) is 0 Å². The number of thioether (sulfide) groups is 1. The van der Waals surface area contributed by atoms with Gasteiger partial charge in [-0.05, 0) is 38.5 Å². The first-order valence-electron chi connectivity index (χ1n) is 6.15. The monoisotopic (exact) mass is 251 g/mol. The van der Waals surface area contributed by atoms with Crippen LogP contribution in [0.15, 0.2) is 24.3 Å². The predicted octanol–water partition coefficient (Wildman–Crippen LogP) is 3.07. The van der Waals surface area contributed by atoms with Crippen molar-refractivity contribution in [3.63, 3.8) is 0 Å². The second-order valence-electron chi connectivity index (χ2n) is 5.30. The van der Waals surface area contributed by atoms with Gasteiger partial charge in [0.1, 0.15) is 0 Å². The Morgan fingerprint density at radius 2 is 1.94 bits per heavy atom. The third kappa shape index (κ3) is 3.17. The van der Waals surface area contributed by atoms with E-state index in [9.17, 15) is 5.11 Å². The Labute approximate surface area is 108 Å². The third-order valence-electron chi connectivity index (χ3n) is 3.17. The van der Waals surface area contributed by atoms with Gasteiger partial charge in [0.15, 0.2) is 0 Å². The van der Waals surface area contributed by atoms with Gasteiger partial charge in [0.25, 0.3) is 0 Å². The maximum absolute atomic E-state index is 9.49. The van der Waals surface area contributed by atoms with E-state index in [-0.39, 0.29) is 6.10 Å². The zero-order chi connectivity index (χ0) is 12.5. The number of aliphatic hydroxyl groups excluding tert-OH is 1. The van der Waals surface area contributed by atoms with Gasteiger partial charge in [-0.15, -0.1) is 0 Å². The van der Waals surface area contributed by atoms with E-state index < -0.39 is 0 Å². The van der Waals surface area contributed by atoms with Crippen molar-refractivity contribution < 1.29 is 5.11 Å². The molecule has 94 valence electrons. The number of anilines is 1. The number of rotatable bonds is 2. The quantitative estimate of drug-likeness (QED) is 0.874. The molecular weight excluding hydrogens is 230 g/mol. The molecule has 0 aromatic heterocycles. The fourth-order valence-electron chi connectivity index (χ4n) is 2.20. The van der Waals surface area contributed by atoms with Gasteiger partial charge >= 0.3 is 0 Å². The lowest BCUT2D eigenvalue weighted by Crippen LogP contribution is -2.43. The molecule has 0 radical (unpaired) electrons. The van der Waals surface area contributed by atoms with E-state index in [0.717, 1.165) is 18.7 Å². The van der Waals surface area contributed by atoms with Gasteiger partial charge in [0.05, 0.1) is 6.10 Å². The average molecular weight is 251 g/mol. The highest BCUT2D eigenvalue weighted by Gasteiger charge is 2.26. The largest absolute Gasteiger partial charge is 0.389 e. The Kier molecular flexibility index (Phi) is 3.69. The van der Waals surface area contributed by atoms with E-state index >= 15 is 0 Å². The lowest BCUT2D eigenvalue weighted by atomic mass is 10.1. The van der Waals surface area contributed by atoms with Crippen molar-refractivity contribution in [3.05, 3.63) is 29.8 Å². The first-order valence-corrected chi connectivity index (χ1v) is 7.13. The Hall–Kier alpha value is -0.670. The summed E-state index contributed by atoms with van der Waals surface area (Å²) < 4.78 is 0.335. The molecule has 1 heterocycles. The standard InChI is InChI=1S/C14H21NOS/c1-11(16)12-4-6-13(7-5-12)15-8-9-17-14(2,3)10-15/h4-7,11,16H,8-10H2,1-3H3/t11-/m1/s1. The van der Waals surface area contributed by atoms with Crippen LogP contribution in [-0.2, 0) is 0 Å². The summed E-state index contributed by atoms with van der Waals surface area (Å²) >= 11 is 2.05. The summed E-state index contributed by atoms with van der Waals surface area (Å²) in [5, 5.41) is 9.49. The Bertz CT molecular complexity index is 372. The molecule has 1 aliphatic heterocycles. The minimum atomic E-state index is -0.377. The molecule has 1 aromatic carbocycles. The average Bonchev–Trinajstić information content (AvgIpc) is 2.28. The van der Waals surface area contributed by atoms with Crippen LogP contribution in [0, 0.1) is 0 Å². The van der Waals surface area contributed by atoms with Crippen LogP contribution >= 0.6 is 11.8 Å². The molecule has 1 N–H and O–H groups in total. The number of nitrogens with zero attached hydrogens (tertiary/aromatic N) is 1. The number of hydrogen-bond donors (Lipinski definition) is 1. The summed E-state index contributed by atoms with van der Waals surface area (Å²) in [4.78, 5) is 2.43. The molecule has 0 spiro atoms. The lowest BCUT2D eigenvalue weighted by molar-refractivity contribution is 0.199. The maximum Gasteiger partial charge on any atom is 0.0761 e. The molecular formula is C14H21NOS. The molecule has 1 saturated heterocycles. The van der Waals surface area contributed by atoms with Gasteiger partial charge in [0, 0.05) is 29.3 Å². The SMILES string of the molecule is C[C@@H](O)c1ccc(N2CCSC(C)(C)C2)cc1. The minimum absolute atomic E-state index is 0.335. The van der Waals surface area contributed by atoms with Gasteiger partial charge < -0.3 is 10.0 Å². The van der Waals surface area contributed by atoms with Crippen molar-refractivity contribution >= 4 is 17.4 Å². The predicted molar refractivity (Wildman–Crippen MR) is 75.8 cm³/mol. The molecule has 0 bridgehead atoms. The molecule has 2 nitrogen and oxygen atoms in total. The van der Waals surface area contributed by atoms with Gasteiger partial charge in [-0.3, -0.25) is 0 Å². The second-order valence-corrected chi connectivity index (χ2v) is 7.10. The van der Waals surface area contributed by atoms with Crippen molar-refractivity contribution in [2.45, 2.75) is 31.6 Å². The molecule has 17 heavy (non-hydrogen) atoms. The maximum atomic E-state index is 9.49. The van der Waals surface area contributed by atoms with E-state index in [0.29, 0.717) is 4.75 Å². The summed E-state index contributed by atoms with van der Waals surface area (Å²) in [5.41, 5.74) is 2.25. The van der Waals surface area contributed by atoms with Gasteiger partial charge in [0.2, 0.25) is 0 Å². The number of benzene rings is 1. The summed E-state index contributed by atoms with van der Waals surface area (Å²) in [7, 11) is 0. The zero-order valence-corrected chi connectivity index (χ0v) is 11.6. The Morgan fingerprint density at radius 1 is 1.29 bits per heavy atom. The van der Waals surface area contributed by atoms with E-state index in [4.69, 9.17) is 0 Å². The minimum Gasteiger partial charge on any atom is -0.389 e. The first-order chi connectivity index (χ1) is 7.98. The van der Waals surface area contributed by atoms with Crippen LogP contribution in [0.1, 0.15) is 32.4 Å². The fraction of sp³-hybridized carbons (Fsp3) is 0.571. The van der Waals surface area contributed by atoms with Crippen molar-refractivity contribution in [1.82, 2.24) is 0 Å². The van der Waals surface area contributed by atoms with Crippen LogP contribution in [-0.4, -0.2) is 28.7 Å². The highest BCUT2D eigenvalue weighted by molar-refractivity contribution is 8.00. The summed E-state index contributed by atoms with van der Waals surface area (Å²) in [6.07, 6.45) is -0.377. The summed E-state index contributed by atoms with van der Waals surface area (Å²) in [5.74, 6) is 1.19. The molecule has 0 aliphatic carbocycles. The van der Waals surface area contributed by atoms with Gasteiger partial charge in [-0.1, -0.05) is 12.1 Å². The van der Waals surface area contributed by atoms with E-state index in [2.05, 4.69) is 30.9 Å². The van der Waals surface area contributed by atoms with Crippen LogP contribution in [0.25, 0.3) is 0 Å². The van der Waals surface area contributed by atoms with Crippen molar-refractivity contribution in [2.75, 3.05) is 23.7 Å². The summed E-state index contributed by atoms with van der Waals surface area (Å²) in [6.45, 7) is 8.60. The van der Waals surface area contributed by atoms with Crippen LogP contribution in [0.2, 0.25) is 0 Å². The Balaban J connectivity index is 2.12. The number of hydrogen-bond acceptors (Lipinski definition) is 3. The van der Waals surface area contributed by atoms with E-state index in [1.807, 2.05) is 23.9 Å². The highest BCUT2D eigenvalue weighted by atomic mass is 32.2. The molecule has 2 rings (SSSR count). The molecule has 0 unspecified atom stereocenters. The number of aliphatic hydroxyl groups is 1. The molecule has 0 saturated carbocycles. The van der Waals surface area contributed by atoms with Crippen molar-refractivity contribution in [2.24, 2.45) is 0 Å². The van der Waals surface area contributed by atoms with Gasteiger partial charge in [-0.25, -0.2) is 0 Å². The molecule has 1 aliphatic rings. The normalized spacial score (nSPS) is 21.3. The van der Waals surface area contributed by atoms with E-state index in [1.165, 1.54) is 11.4 Å². The zero-order valence-electron chi connectivity index (χ0n) is 10.8. The van der Waals surface area contributed by atoms with Crippen LogP contribution in [0.3, 0.4) is 0 Å². The van der Waals surface area contributed by atoms with E-state index in [1.54, 1.807) is 6.92 Å². The molecule has 1 aromatic rings. The molecule has 1 fully saturated rings. The third-order valence-corrected chi connectivity index (χ3v) is 4.46. The smallest absolute Gasteiger partial charge is 0.0761 e. The highest BCUT2D eigenvalue weighted by Crippen LogP contribution is 2.32. The van der Waals surface area contributed by atoms with Gasteiger partial charge in [-0.2, -0.15) is 11.8 Å². The molecule has 3 heteroatoms. The second kappa shape index (κ2) is 4.91. The molecule has 1 atom stereocenters. The Morgan fingerprint density at radius 3 is 2.47 bits per heavy atom. The summed E-state index contributed by atoms with van der Waals surface area (Å²) in [6, 6.07) is 8.28. The lowest BCUT2D eigenvalue weighted by Gasteiger charge is -2.39. The fourth-order valence-corrected chi connectivity index (χ4v) is 3.31. The topological polar surface area (TPSA) is 23.5 Å². The first kappa shape index (κ1) is 12.8. The van der Waals surface area contributed by atoms with Crippen molar-refractivity contribution in [3.8, 4) is 0 Å². The van der Waals surface area contributed by atoms with Crippen LogP contribution in [0.5, 0.6) is 0 Å². The van der Waals surface area contributed by atoms with Crippen LogP contribution in [0.4, 0.5) is 5.69 Å². The van der Waals surface area contributed by atoms with Crippen LogP contribution < -0.4 is 4.90 Å².